The van der Waals surface area contributed by atoms with E-state index in [0.717, 1.165) is 43.0 Å². The zero-order valence-corrected chi connectivity index (χ0v) is 23.3. The number of amides is 1. The van der Waals surface area contributed by atoms with Crippen LogP contribution in [0.3, 0.4) is 0 Å². The zero-order chi connectivity index (χ0) is 30.7. The van der Waals surface area contributed by atoms with Gasteiger partial charge in [-0.2, -0.15) is 13.2 Å². The molecule has 5 heterocycles. The number of furan rings is 1. The molecule has 0 radical (unpaired) electrons. The second-order valence-electron chi connectivity index (χ2n) is 10.6. The molecule has 14 heteroatoms. The predicted octanol–water partition coefficient (Wildman–Crippen LogP) is 4.24. The third-order valence-electron chi connectivity index (χ3n) is 7.40. The quantitative estimate of drug-likeness (QED) is 0.235. The lowest BCUT2D eigenvalue weighted by Crippen LogP contribution is -2.33. The van der Waals surface area contributed by atoms with Gasteiger partial charge in [0.1, 0.15) is 17.1 Å². The number of carboxylic acids is 1. The Morgan fingerprint density at radius 1 is 1.19 bits per heavy atom. The summed E-state index contributed by atoms with van der Waals surface area (Å²) in [5, 5.41) is 10.5. The van der Waals surface area contributed by atoms with Gasteiger partial charge in [0, 0.05) is 43.9 Å². The number of hydrogen-bond donors (Lipinski definition) is 4. The number of pyridine rings is 1. The van der Waals surface area contributed by atoms with Gasteiger partial charge in [-0.3, -0.25) is 9.59 Å². The number of likely N-dealkylation sites (tertiary alicyclic amines) is 1. The minimum absolute atomic E-state index is 0.0362. The number of carboxylic acid groups (broad SMARTS) is 1. The van der Waals surface area contributed by atoms with Crippen molar-refractivity contribution in [3.05, 3.63) is 70.0 Å². The number of nitrogens with one attached hydrogen (secondary N) is 3. The van der Waals surface area contributed by atoms with Crippen LogP contribution < -0.4 is 10.9 Å². The molecule has 0 spiro atoms. The van der Waals surface area contributed by atoms with Crippen molar-refractivity contribution >= 4 is 28.6 Å². The number of rotatable bonds is 8. The third kappa shape index (κ3) is 6.91. The molecule has 6 rings (SSSR count). The average molecular weight is 601 g/mol. The van der Waals surface area contributed by atoms with Gasteiger partial charge in [-0.05, 0) is 68.8 Å². The second kappa shape index (κ2) is 12.3. The van der Waals surface area contributed by atoms with E-state index in [4.69, 9.17) is 19.3 Å². The van der Waals surface area contributed by atoms with Gasteiger partial charge < -0.3 is 34.6 Å². The van der Waals surface area contributed by atoms with Gasteiger partial charge in [0.2, 0.25) is 0 Å². The minimum Gasteiger partial charge on any atom is -0.475 e. The highest BCUT2D eigenvalue weighted by molar-refractivity contribution is 6.02. The largest absolute Gasteiger partial charge is 0.490 e. The molecule has 0 bridgehead atoms. The van der Waals surface area contributed by atoms with E-state index in [-0.39, 0.29) is 17.5 Å². The molecule has 4 aromatic rings. The number of imidazole rings is 1. The molecule has 11 nitrogen and oxygen atoms in total. The maximum atomic E-state index is 13.1. The van der Waals surface area contributed by atoms with Gasteiger partial charge in [0.25, 0.3) is 11.5 Å². The molecule has 3 aromatic heterocycles. The first-order valence-corrected chi connectivity index (χ1v) is 13.8. The molecule has 2 aliphatic rings. The maximum Gasteiger partial charge on any atom is 0.490 e. The van der Waals surface area contributed by atoms with Crippen molar-refractivity contribution in [3.8, 4) is 11.4 Å². The van der Waals surface area contributed by atoms with Gasteiger partial charge in [-0.15, -0.1) is 0 Å². The van der Waals surface area contributed by atoms with Gasteiger partial charge >= 0.3 is 12.1 Å². The molecule has 1 aromatic carbocycles. The number of aromatic nitrogens is 3. The van der Waals surface area contributed by atoms with Crippen LogP contribution in [0, 0.1) is 0 Å². The molecule has 0 aliphatic carbocycles. The van der Waals surface area contributed by atoms with E-state index >= 15 is 0 Å². The van der Waals surface area contributed by atoms with Crippen LogP contribution in [0.5, 0.6) is 0 Å². The number of aromatic amines is 2. The van der Waals surface area contributed by atoms with Crippen LogP contribution in [0.2, 0.25) is 0 Å². The number of benzene rings is 1. The van der Waals surface area contributed by atoms with Crippen molar-refractivity contribution in [3.63, 3.8) is 0 Å². The number of carbonyl (C=O) groups is 2. The number of fused-ring (bicyclic) bond motifs is 2. The Kier molecular flexibility index (Phi) is 8.57. The Bertz CT molecular complexity index is 1660. The maximum absolute atomic E-state index is 13.1. The van der Waals surface area contributed by atoms with Crippen molar-refractivity contribution in [2.45, 2.75) is 44.9 Å². The number of hydrogen-bond acceptors (Lipinski definition) is 7. The first-order chi connectivity index (χ1) is 20.5. The molecule has 0 unspecified atom stereocenters. The van der Waals surface area contributed by atoms with E-state index in [2.05, 4.69) is 20.2 Å². The fourth-order valence-corrected chi connectivity index (χ4v) is 5.33. The molecular formula is C29H31F3N6O5. The van der Waals surface area contributed by atoms with Gasteiger partial charge in [0.05, 0.1) is 23.0 Å². The van der Waals surface area contributed by atoms with E-state index in [1.165, 1.54) is 12.8 Å². The molecule has 0 saturated carbocycles. The van der Waals surface area contributed by atoms with Crippen LogP contribution in [0.15, 0.2) is 52.0 Å². The Morgan fingerprint density at radius 3 is 2.60 bits per heavy atom. The smallest absolute Gasteiger partial charge is 0.475 e. The predicted molar refractivity (Wildman–Crippen MR) is 152 cm³/mol. The normalized spacial score (nSPS) is 15.8. The third-order valence-corrected chi connectivity index (χ3v) is 7.40. The first kappa shape index (κ1) is 29.9. The fourth-order valence-electron chi connectivity index (χ4n) is 5.33. The molecule has 4 N–H and O–H groups in total. The summed E-state index contributed by atoms with van der Waals surface area (Å²) >= 11 is 0. The number of H-pyrrole nitrogens is 2. The zero-order valence-electron chi connectivity index (χ0n) is 23.3. The van der Waals surface area contributed by atoms with Crippen molar-refractivity contribution in [1.82, 2.24) is 24.8 Å². The monoisotopic (exact) mass is 600 g/mol. The van der Waals surface area contributed by atoms with Crippen LogP contribution in [-0.2, 0) is 17.8 Å². The van der Waals surface area contributed by atoms with Gasteiger partial charge in [0.15, 0.2) is 0 Å². The number of nitrogens with zero attached hydrogens (tertiary/aromatic N) is 3. The fraction of sp³-hybridized carbons (Fsp3) is 0.379. The Morgan fingerprint density at radius 2 is 1.93 bits per heavy atom. The Balaban J connectivity index is 0.000000472. The highest BCUT2D eigenvalue weighted by Crippen LogP contribution is 2.30. The molecule has 2 aliphatic heterocycles. The highest BCUT2D eigenvalue weighted by atomic mass is 19.4. The van der Waals surface area contributed by atoms with E-state index in [9.17, 15) is 22.8 Å². The second-order valence-corrected chi connectivity index (χ2v) is 10.6. The summed E-state index contributed by atoms with van der Waals surface area (Å²) in [6.07, 6.45) is 1.38. The molecule has 228 valence electrons. The van der Waals surface area contributed by atoms with Crippen LogP contribution >= 0.6 is 0 Å². The van der Waals surface area contributed by atoms with Crippen molar-refractivity contribution in [2.75, 3.05) is 31.5 Å². The number of anilines is 1. The molecule has 1 atom stereocenters. The summed E-state index contributed by atoms with van der Waals surface area (Å²) < 4.78 is 37.2. The summed E-state index contributed by atoms with van der Waals surface area (Å²) in [6.45, 7) is 6.56. The average Bonchev–Trinajstić information content (AvgIpc) is 3.75. The topological polar surface area (TPSA) is 148 Å². The molecular weight excluding hydrogens is 569 g/mol. The molecule has 1 fully saturated rings. The number of alkyl halides is 3. The van der Waals surface area contributed by atoms with E-state index < -0.39 is 12.1 Å². The molecule has 1 saturated heterocycles. The number of carbonyl (C=O) groups excluding carboxylic acids is 1. The lowest BCUT2D eigenvalue weighted by atomic mass is 10.1. The molecule has 1 amide bonds. The summed E-state index contributed by atoms with van der Waals surface area (Å²) in [7, 11) is 0. The van der Waals surface area contributed by atoms with Crippen molar-refractivity contribution in [1.29, 1.82) is 0 Å². The van der Waals surface area contributed by atoms with Crippen LogP contribution in [0.4, 0.5) is 18.9 Å². The van der Waals surface area contributed by atoms with E-state index in [0.29, 0.717) is 41.1 Å². The standard InChI is InChI=1S/C27H30N6O3.C2HF3O2/c1-17(13-19-5-4-12-36-19)29-21-6-7-28-26(34)24(21)25-30-22-14-18-16-33(11-10-32-8-2-3-9-32)27(35)20(18)15-23(22)31-25;3-2(4,5)1(6)7/h4-7,12,14-15,17H,2-3,8-11,13,16H2,1H3,(H,30,31)(H2,28,29,34);(H,6,7)/t17-;/m0./s1. The summed E-state index contributed by atoms with van der Waals surface area (Å²) in [6, 6.07) is 9.53. The van der Waals surface area contributed by atoms with E-state index in [1.807, 2.05) is 42.2 Å². The lowest BCUT2D eigenvalue weighted by Gasteiger charge is -2.20. The summed E-state index contributed by atoms with van der Waals surface area (Å²) in [5.74, 6) is -1.35. The van der Waals surface area contributed by atoms with Crippen LogP contribution in [0.25, 0.3) is 22.4 Å². The van der Waals surface area contributed by atoms with Gasteiger partial charge in [-0.25, -0.2) is 9.78 Å². The summed E-state index contributed by atoms with van der Waals surface area (Å²) in [5.41, 5.74) is 4.09. The SMILES string of the molecule is C[C@@H](Cc1ccco1)Nc1cc[nH]c(=O)c1-c1nc2cc3c(cc2[nH]1)CN(CCN1CCCC1)C3=O.O=C(O)C(F)(F)F. The number of aliphatic carboxylic acids is 1. The molecule has 43 heavy (non-hydrogen) atoms. The Labute approximate surface area is 243 Å². The van der Waals surface area contributed by atoms with E-state index in [1.54, 1.807) is 12.5 Å². The lowest BCUT2D eigenvalue weighted by molar-refractivity contribution is -0.192. The first-order valence-electron chi connectivity index (χ1n) is 13.8. The number of halogens is 3. The highest BCUT2D eigenvalue weighted by Gasteiger charge is 2.38. The van der Waals surface area contributed by atoms with Crippen LogP contribution in [0.1, 0.15) is 41.4 Å². The van der Waals surface area contributed by atoms with Crippen LogP contribution in [-0.4, -0.2) is 80.1 Å². The Hall–Kier alpha value is -4.59. The van der Waals surface area contributed by atoms with Crippen molar-refractivity contribution in [2.24, 2.45) is 0 Å². The minimum atomic E-state index is -5.08. The summed E-state index contributed by atoms with van der Waals surface area (Å²) in [4.78, 5) is 50.0. The van der Waals surface area contributed by atoms with Gasteiger partial charge in [-0.1, -0.05) is 0 Å². The van der Waals surface area contributed by atoms with Crippen molar-refractivity contribution < 1.29 is 32.3 Å².